The summed E-state index contributed by atoms with van der Waals surface area (Å²) in [6.45, 7) is 1.83. The van der Waals surface area contributed by atoms with E-state index in [1.165, 1.54) is 4.88 Å². The average Bonchev–Trinajstić information content (AvgIpc) is 2.94. The molecular formula is C16H21N3OS. The second-order valence-corrected chi connectivity index (χ2v) is 6.09. The van der Waals surface area contributed by atoms with Crippen LogP contribution in [0.2, 0.25) is 0 Å². The molecule has 0 spiro atoms. The summed E-state index contributed by atoms with van der Waals surface area (Å²) in [5.41, 5.74) is 7.09. The number of nitrogens with one attached hydrogen (secondary N) is 1. The van der Waals surface area contributed by atoms with Crippen LogP contribution in [0.4, 0.5) is 11.4 Å². The number of nitrogens with zero attached hydrogens (tertiary/aromatic N) is 1. The van der Waals surface area contributed by atoms with Crippen LogP contribution < -0.4 is 11.1 Å². The molecule has 2 rings (SSSR count). The van der Waals surface area contributed by atoms with E-state index in [4.69, 9.17) is 5.73 Å². The molecule has 2 aromatic rings. The van der Waals surface area contributed by atoms with Crippen molar-refractivity contribution in [3.63, 3.8) is 0 Å². The summed E-state index contributed by atoms with van der Waals surface area (Å²) in [7, 11) is 2.08. The first-order valence-electron chi connectivity index (χ1n) is 7.00. The average molecular weight is 303 g/mol. The van der Waals surface area contributed by atoms with Crippen molar-refractivity contribution in [3.05, 3.63) is 46.7 Å². The zero-order valence-electron chi connectivity index (χ0n) is 12.2. The van der Waals surface area contributed by atoms with Crippen molar-refractivity contribution in [2.24, 2.45) is 0 Å². The van der Waals surface area contributed by atoms with Gasteiger partial charge in [0.05, 0.1) is 11.4 Å². The lowest BCUT2D eigenvalue weighted by Gasteiger charge is -2.15. The van der Waals surface area contributed by atoms with Crippen LogP contribution in [-0.2, 0) is 11.3 Å². The third-order valence-electron chi connectivity index (χ3n) is 3.18. The number of hydrogen-bond acceptors (Lipinski definition) is 4. The molecule has 5 heteroatoms. The van der Waals surface area contributed by atoms with Crippen LogP contribution in [0.15, 0.2) is 41.8 Å². The molecule has 4 nitrogen and oxygen atoms in total. The molecule has 21 heavy (non-hydrogen) atoms. The number of thiophene rings is 1. The number of amides is 1. The summed E-state index contributed by atoms with van der Waals surface area (Å²) in [4.78, 5) is 15.5. The van der Waals surface area contributed by atoms with Crippen molar-refractivity contribution in [3.8, 4) is 0 Å². The van der Waals surface area contributed by atoms with Crippen molar-refractivity contribution >= 4 is 28.6 Å². The maximum Gasteiger partial charge on any atom is 0.224 e. The van der Waals surface area contributed by atoms with Crippen LogP contribution in [0.1, 0.15) is 17.7 Å². The molecule has 0 saturated heterocycles. The van der Waals surface area contributed by atoms with Crippen LogP contribution in [0.5, 0.6) is 0 Å². The molecule has 1 heterocycles. The van der Waals surface area contributed by atoms with Crippen molar-refractivity contribution < 1.29 is 4.79 Å². The summed E-state index contributed by atoms with van der Waals surface area (Å²) < 4.78 is 0. The zero-order valence-corrected chi connectivity index (χ0v) is 13.0. The quantitative estimate of drug-likeness (QED) is 0.772. The summed E-state index contributed by atoms with van der Waals surface area (Å²) >= 11 is 1.76. The lowest BCUT2D eigenvalue weighted by Crippen LogP contribution is -2.20. The molecule has 0 saturated carbocycles. The van der Waals surface area contributed by atoms with E-state index in [1.807, 2.05) is 18.2 Å². The fraction of sp³-hybridized carbons (Fsp3) is 0.312. The SMILES string of the molecule is CN(CCCC(=O)Nc1ccccc1N)Cc1cccs1. The van der Waals surface area contributed by atoms with Crippen LogP contribution >= 0.6 is 11.3 Å². The highest BCUT2D eigenvalue weighted by Crippen LogP contribution is 2.17. The van der Waals surface area contributed by atoms with Gasteiger partial charge in [0.2, 0.25) is 5.91 Å². The Hall–Kier alpha value is -1.85. The Kier molecular flexibility index (Phi) is 5.78. The van der Waals surface area contributed by atoms with Gasteiger partial charge in [0.1, 0.15) is 0 Å². The second-order valence-electron chi connectivity index (χ2n) is 5.06. The first kappa shape index (κ1) is 15.5. The lowest BCUT2D eigenvalue weighted by molar-refractivity contribution is -0.116. The molecule has 3 N–H and O–H groups in total. The van der Waals surface area contributed by atoms with Gasteiger partial charge >= 0.3 is 0 Å². The maximum absolute atomic E-state index is 11.9. The highest BCUT2D eigenvalue weighted by molar-refractivity contribution is 7.09. The van der Waals surface area contributed by atoms with Gasteiger partial charge in [0.15, 0.2) is 0 Å². The third-order valence-corrected chi connectivity index (χ3v) is 4.05. The Bertz CT molecular complexity index is 569. The molecule has 1 aromatic carbocycles. The standard InChI is InChI=1S/C16H21N3OS/c1-19(12-13-6-5-11-21-13)10-4-9-16(20)18-15-8-3-2-7-14(15)17/h2-3,5-8,11H,4,9-10,12,17H2,1H3,(H,18,20). The Balaban J connectivity index is 1.68. The molecule has 0 aliphatic carbocycles. The minimum absolute atomic E-state index is 0.0115. The van der Waals surface area contributed by atoms with Gasteiger partial charge in [-0.15, -0.1) is 11.3 Å². The molecule has 0 unspecified atom stereocenters. The highest BCUT2D eigenvalue weighted by atomic mass is 32.1. The monoisotopic (exact) mass is 303 g/mol. The Morgan fingerprint density at radius 2 is 2.10 bits per heavy atom. The number of hydrogen-bond donors (Lipinski definition) is 2. The number of para-hydroxylation sites is 2. The first-order valence-corrected chi connectivity index (χ1v) is 7.88. The molecule has 0 fully saturated rings. The summed E-state index contributed by atoms with van der Waals surface area (Å²) in [6.07, 6.45) is 1.34. The van der Waals surface area contributed by atoms with Gasteiger partial charge in [-0.2, -0.15) is 0 Å². The van der Waals surface area contributed by atoms with Gasteiger partial charge in [-0.25, -0.2) is 0 Å². The van der Waals surface area contributed by atoms with E-state index in [9.17, 15) is 4.79 Å². The minimum Gasteiger partial charge on any atom is -0.397 e. The van der Waals surface area contributed by atoms with E-state index in [0.717, 1.165) is 19.5 Å². The second kappa shape index (κ2) is 7.81. The van der Waals surface area contributed by atoms with Gasteiger partial charge in [0.25, 0.3) is 0 Å². The predicted octanol–water partition coefficient (Wildman–Crippen LogP) is 3.18. The lowest BCUT2D eigenvalue weighted by atomic mass is 10.2. The van der Waals surface area contributed by atoms with Gasteiger partial charge in [0, 0.05) is 17.8 Å². The fourth-order valence-corrected chi connectivity index (χ4v) is 2.86. The number of carbonyl (C=O) groups excluding carboxylic acids is 1. The fourth-order valence-electron chi connectivity index (χ4n) is 2.08. The number of nitrogen functional groups attached to an aromatic ring is 1. The number of carbonyl (C=O) groups is 1. The number of nitrogens with two attached hydrogens (primary N) is 1. The molecular weight excluding hydrogens is 282 g/mol. The van der Waals surface area contributed by atoms with Crippen molar-refractivity contribution in [1.29, 1.82) is 0 Å². The molecule has 0 radical (unpaired) electrons. The largest absolute Gasteiger partial charge is 0.397 e. The molecule has 0 bridgehead atoms. The number of rotatable bonds is 7. The van der Waals surface area contributed by atoms with Gasteiger partial charge in [-0.3, -0.25) is 4.79 Å². The molecule has 112 valence electrons. The van der Waals surface area contributed by atoms with Crippen molar-refractivity contribution in [2.45, 2.75) is 19.4 Å². The van der Waals surface area contributed by atoms with E-state index in [2.05, 4.69) is 34.8 Å². The molecule has 1 amide bonds. The topological polar surface area (TPSA) is 58.4 Å². The molecule has 0 atom stereocenters. The zero-order chi connectivity index (χ0) is 15.1. The molecule has 1 aromatic heterocycles. The maximum atomic E-state index is 11.9. The summed E-state index contributed by atoms with van der Waals surface area (Å²) in [5, 5.41) is 4.93. The molecule has 0 aliphatic rings. The van der Waals surface area contributed by atoms with Crippen LogP contribution in [0, 0.1) is 0 Å². The number of benzene rings is 1. The Morgan fingerprint density at radius 3 is 2.81 bits per heavy atom. The van der Waals surface area contributed by atoms with E-state index in [1.54, 1.807) is 17.4 Å². The van der Waals surface area contributed by atoms with Gasteiger partial charge < -0.3 is 16.0 Å². The predicted molar refractivity (Wildman–Crippen MR) is 89.4 cm³/mol. The van der Waals surface area contributed by atoms with E-state index >= 15 is 0 Å². The Morgan fingerprint density at radius 1 is 1.29 bits per heavy atom. The van der Waals surface area contributed by atoms with Gasteiger partial charge in [-0.05, 0) is 43.6 Å². The Labute approximate surface area is 129 Å². The summed E-state index contributed by atoms with van der Waals surface area (Å²) in [6, 6.07) is 11.5. The summed E-state index contributed by atoms with van der Waals surface area (Å²) in [5.74, 6) is 0.0115. The van der Waals surface area contributed by atoms with Crippen LogP contribution in [0.3, 0.4) is 0 Å². The van der Waals surface area contributed by atoms with Crippen molar-refractivity contribution in [2.75, 3.05) is 24.6 Å². The van der Waals surface area contributed by atoms with E-state index < -0.39 is 0 Å². The minimum atomic E-state index is 0.0115. The molecule has 0 aliphatic heterocycles. The van der Waals surface area contributed by atoms with Gasteiger partial charge in [-0.1, -0.05) is 18.2 Å². The highest BCUT2D eigenvalue weighted by Gasteiger charge is 2.06. The van der Waals surface area contributed by atoms with Crippen LogP contribution in [0.25, 0.3) is 0 Å². The van der Waals surface area contributed by atoms with Crippen molar-refractivity contribution in [1.82, 2.24) is 4.90 Å². The number of anilines is 2. The third kappa shape index (κ3) is 5.21. The first-order chi connectivity index (χ1) is 10.1. The van der Waals surface area contributed by atoms with Crippen LogP contribution in [-0.4, -0.2) is 24.4 Å². The van der Waals surface area contributed by atoms with E-state index in [0.29, 0.717) is 17.8 Å². The van der Waals surface area contributed by atoms with E-state index in [-0.39, 0.29) is 5.91 Å². The normalized spacial score (nSPS) is 10.8. The smallest absolute Gasteiger partial charge is 0.224 e.